The Balaban J connectivity index is 2.11. The highest BCUT2D eigenvalue weighted by Gasteiger charge is 2.33. The van der Waals surface area contributed by atoms with Crippen LogP contribution in [-0.2, 0) is 17.1 Å². The van der Waals surface area contributed by atoms with Crippen molar-refractivity contribution in [2.24, 2.45) is 7.05 Å². The van der Waals surface area contributed by atoms with Crippen LogP contribution in [0.2, 0.25) is 5.02 Å². The van der Waals surface area contributed by atoms with Crippen molar-refractivity contribution in [3.05, 3.63) is 70.6 Å². The normalized spacial score (nSPS) is 13.3. The monoisotopic (exact) mass is 381 g/mol. The van der Waals surface area contributed by atoms with Crippen LogP contribution in [0.1, 0.15) is 17.4 Å². The molecule has 126 valence electrons. The first-order chi connectivity index (χ1) is 11.4. The molecule has 0 aliphatic rings. The summed E-state index contributed by atoms with van der Waals surface area (Å²) in [5, 5.41) is 2.35. The lowest BCUT2D eigenvalue weighted by atomic mass is 10.1. The van der Waals surface area contributed by atoms with Crippen LogP contribution in [-0.4, -0.2) is 29.3 Å². The maximum absolute atomic E-state index is 13.0. The zero-order chi connectivity index (χ0) is 17.3. The number of hydrogen-bond acceptors (Lipinski definition) is 4. The Labute approximate surface area is 150 Å². The molecule has 0 saturated carbocycles. The van der Waals surface area contributed by atoms with Gasteiger partial charge in [-0.1, -0.05) is 29.8 Å². The van der Waals surface area contributed by atoms with E-state index in [-0.39, 0.29) is 0 Å². The molecule has 2 heterocycles. The first-order valence-electron chi connectivity index (χ1n) is 7.15. The average Bonchev–Trinajstić information content (AvgIpc) is 3.22. The van der Waals surface area contributed by atoms with Crippen molar-refractivity contribution in [3.8, 4) is 0 Å². The van der Waals surface area contributed by atoms with Gasteiger partial charge in [0.1, 0.15) is 16.1 Å². The molecule has 1 atom stereocenters. The molecule has 0 saturated heterocycles. The van der Waals surface area contributed by atoms with Gasteiger partial charge in [-0.15, -0.1) is 11.3 Å². The van der Waals surface area contributed by atoms with E-state index in [1.807, 2.05) is 23.7 Å². The Kier molecular flexibility index (Phi) is 4.78. The molecule has 24 heavy (non-hydrogen) atoms. The molecule has 3 aromatic rings. The number of halogens is 1. The van der Waals surface area contributed by atoms with Gasteiger partial charge in [0.25, 0.3) is 10.0 Å². The maximum Gasteiger partial charge on any atom is 0.253 e. The van der Waals surface area contributed by atoms with E-state index in [4.69, 9.17) is 11.6 Å². The van der Waals surface area contributed by atoms with Crippen molar-refractivity contribution >= 4 is 33.0 Å². The molecular formula is C16H16ClN3O2S2. The van der Waals surface area contributed by atoms with Gasteiger partial charge in [0.2, 0.25) is 0 Å². The van der Waals surface area contributed by atoms with E-state index in [2.05, 4.69) is 4.98 Å². The van der Waals surface area contributed by atoms with E-state index in [1.54, 1.807) is 49.1 Å². The Hall–Kier alpha value is -1.67. The molecule has 1 aromatic carbocycles. The van der Waals surface area contributed by atoms with E-state index in [9.17, 15) is 8.42 Å². The smallest absolute Gasteiger partial charge is 0.253 e. The fraction of sp³-hybridized carbons (Fsp3) is 0.188. The van der Waals surface area contributed by atoms with Crippen molar-refractivity contribution < 1.29 is 8.42 Å². The summed E-state index contributed by atoms with van der Waals surface area (Å²) < 4.78 is 29.4. The van der Waals surface area contributed by atoms with Crippen molar-refractivity contribution in [2.75, 3.05) is 7.05 Å². The number of aromatic nitrogens is 2. The lowest BCUT2D eigenvalue weighted by molar-refractivity contribution is 0.399. The van der Waals surface area contributed by atoms with Crippen molar-refractivity contribution in [1.29, 1.82) is 0 Å². The van der Waals surface area contributed by atoms with Crippen LogP contribution >= 0.6 is 22.9 Å². The van der Waals surface area contributed by atoms with Gasteiger partial charge in [-0.05, 0) is 29.1 Å². The zero-order valence-corrected chi connectivity index (χ0v) is 15.5. The first kappa shape index (κ1) is 17.2. The van der Waals surface area contributed by atoms with Gasteiger partial charge in [0.15, 0.2) is 0 Å². The van der Waals surface area contributed by atoms with Crippen LogP contribution in [0.3, 0.4) is 0 Å². The van der Waals surface area contributed by atoms with Crippen LogP contribution in [0, 0.1) is 0 Å². The molecule has 0 radical (unpaired) electrons. The predicted molar refractivity (Wildman–Crippen MR) is 95.8 cm³/mol. The standard InChI is InChI=1S/C16H16ClN3O2S2/c1-19-10-9-18-16(19)15(12-5-7-13(17)8-6-12)20(2)24(21,22)14-4-3-11-23-14/h3-11,15H,1-2H3/t15-/m0/s1. The third-order valence-corrected chi connectivity index (χ3v) is 7.23. The molecule has 0 amide bonds. The Morgan fingerprint density at radius 2 is 1.96 bits per heavy atom. The molecule has 0 aliphatic carbocycles. The second-order valence-electron chi connectivity index (χ2n) is 5.30. The Morgan fingerprint density at radius 3 is 2.50 bits per heavy atom. The zero-order valence-electron chi connectivity index (χ0n) is 13.1. The minimum Gasteiger partial charge on any atom is -0.336 e. The fourth-order valence-corrected chi connectivity index (χ4v) is 5.11. The van der Waals surface area contributed by atoms with Gasteiger partial charge in [0.05, 0.1) is 0 Å². The minimum absolute atomic E-state index is 0.304. The number of nitrogens with zero attached hydrogens (tertiary/aromatic N) is 3. The van der Waals surface area contributed by atoms with E-state index < -0.39 is 16.1 Å². The molecule has 0 N–H and O–H groups in total. The lowest BCUT2D eigenvalue weighted by Crippen LogP contribution is -2.33. The number of rotatable bonds is 5. The summed E-state index contributed by atoms with van der Waals surface area (Å²) in [4.78, 5) is 4.36. The molecule has 0 fully saturated rings. The van der Waals surface area contributed by atoms with Crippen molar-refractivity contribution in [3.63, 3.8) is 0 Å². The Morgan fingerprint density at radius 1 is 1.25 bits per heavy atom. The largest absolute Gasteiger partial charge is 0.336 e. The molecule has 8 heteroatoms. The first-order valence-corrected chi connectivity index (χ1v) is 9.85. The highest BCUT2D eigenvalue weighted by molar-refractivity contribution is 7.91. The van der Waals surface area contributed by atoms with Gasteiger partial charge >= 0.3 is 0 Å². The van der Waals surface area contributed by atoms with Crippen LogP contribution in [0.5, 0.6) is 0 Å². The topological polar surface area (TPSA) is 55.2 Å². The van der Waals surface area contributed by atoms with Crippen LogP contribution in [0.15, 0.2) is 58.4 Å². The van der Waals surface area contributed by atoms with Crippen molar-refractivity contribution in [1.82, 2.24) is 13.9 Å². The third kappa shape index (κ3) is 3.12. The third-order valence-electron chi connectivity index (χ3n) is 3.78. The van der Waals surface area contributed by atoms with E-state index >= 15 is 0 Å². The molecule has 5 nitrogen and oxygen atoms in total. The average molecular weight is 382 g/mol. The van der Waals surface area contributed by atoms with E-state index in [0.29, 0.717) is 15.1 Å². The number of benzene rings is 1. The number of aryl methyl sites for hydroxylation is 1. The van der Waals surface area contributed by atoms with E-state index in [0.717, 1.165) is 5.56 Å². The summed E-state index contributed by atoms with van der Waals surface area (Å²) in [5.74, 6) is 0.639. The van der Waals surface area contributed by atoms with Gasteiger partial charge in [-0.2, -0.15) is 4.31 Å². The molecule has 2 aromatic heterocycles. The highest BCUT2D eigenvalue weighted by Crippen LogP contribution is 2.32. The maximum atomic E-state index is 13.0. The molecule has 0 unspecified atom stereocenters. The summed E-state index contributed by atoms with van der Waals surface area (Å²) >= 11 is 7.17. The summed E-state index contributed by atoms with van der Waals surface area (Å²) in [6.45, 7) is 0. The summed E-state index contributed by atoms with van der Waals surface area (Å²) in [7, 11) is -0.214. The Bertz CT molecular complexity index is 919. The summed E-state index contributed by atoms with van der Waals surface area (Å²) in [6.07, 6.45) is 3.45. The molecule has 0 bridgehead atoms. The molecular weight excluding hydrogens is 366 g/mol. The van der Waals surface area contributed by atoms with Gasteiger partial charge in [0, 0.05) is 31.5 Å². The van der Waals surface area contributed by atoms with Crippen LogP contribution in [0.25, 0.3) is 0 Å². The molecule has 3 rings (SSSR count). The number of sulfonamides is 1. The second-order valence-corrected chi connectivity index (χ2v) is 8.91. The predicted octanol–water partition coefficient (Wildman–Crippen LogP) is 3.55. The molecule has 0 spiro atoms. The quantitative estimate of drug-likeness (QED) is 0.679. The lowest BCUT2D eigenvalue weighted by Gasteiger charge is -2.27. The number of thiophene rings is 1. The van der Waals surface area contributed by atoms with Gasteiger partial charge in [-0.3, -0.25) is 0 Å². The SMILES string of the molecule is CN([C@@H](c1ccc(Cl)cc1)c1nccn1C)S(=O)(=O)c1cccs1. The van der Waals surface area contributed by atoms with Crippen LogP contribution in [0.4, 0.5) is 0 Å². The number of imidazole rings is 1. The fourth-order valence-electron chi connectivity index (χ4n) is 2.50. The highest BCUT2D eigenvalue weighted by atomic mass is 35.5. The van der Waals surface area contributed by atoms with Gasteiger partial charge < -0.3 is 4.57 Å². The molecule has 0 aliphatic heterocycles. The summed E-state index contributed by atoms with van der Waals surface area (Å²) in [6, 6.07) is 9.92. The van der Waals surface area contributed by atoms with E-state index in [1.165, 1.54) is 15.6 Å². The summed E-state index contributed by atoms with van der Waals surface area (Å²) in [5.41, 5.74) is 0.802. The van der Waals surface area contributed by atoms with Gasteiger partial charge in [-0.25, -0.2) is 13.4 Å². The second kappa shape index (κ2) is 6.68. The minimum atomic E-state index is -3.63. The number of hydrogen-bond donors (Lipinski definition) is 0. The van der Waals surface area contributed by atoms with Crippen LogP contribution < -0.4 is 0 Å². The van der Waals surface area contributed by atoms with Crippen molar-refractivity contribution in [2.45, 2.75) is 10.3 Å².